The molecule has 6 heteroatoms. The SMILES string of the molecule is Cc1ccc(S(=O)(=O)N2CCC=C(C=C(c3ccc(Cl)cc3)c3ccc(Cl)cc3)C2)cc1. The minimum absolute atomic E-state index is 0.320. The molecule has 4 rings (SSSR count). The van der Waals surface area contributed by atoms with Gasteiger partial charge in [-0.05, 0) is 78.1 Å². The lowest BCUT2D eigenvalue weighted by Crippen LogP contribution is -2.35. The van der Waals surface area contributed by atoms with Crippen molar-refractivity contribution >= 4 is 38.8 Å². The average molecular weight is 484 g/mol. The monoisotopic (exact) mass is 483 g/mol. The fourth-order valence-corrected chi connectivity index (χ4v) is 5.38. The lowest BCUT2D eigenvalue weighted by Gasteiger charge is -2.26. The lowest BCUT2D eigenvalue weighted by atomic mass is 9.95. The number of rotatable bonds is 5. The van der Waals surface area contributed by atoms with Crippen LogP contribution in [0.5, 0.6) is 0 Å². The fraction of sp³-hybridized carbons (Fsp3) is 0.154. The Morgan fingerprint density at radius 3 is 1.91 bits per heavy atom. The van der Waals surface area contributed by atoms with Crippen LogP contribution >= 0.6 is 23.2 Å². The number of benzene rings is 3. The van der Waals surface area contributed by atoms with Crippen molar-refractivity contribution in [1.82, 2.24) is 4.31 Å². The van der Waals surface area contributed by atoms with E-state index in [1.165, 1.54) is 0 Å². The Bertz CT molecular complexity index is 1210. The van der Waals surface area contributed by atoms with Crippen LogP contribution in [0.1, 0.15) is 23.1 Å². The molecule has 3 aromatic carbocycles. The Morgan fingerprint density at radius 1 is 0.844 bits per heavy atom. The van der Waals surface area contributed by atoms with Crippen LogP contribution in [0, 0.1) is 6.92 Å². The third kappa shape index (κ3) is 5.16. The number of nitrogens with zero attached hydrogens (tertiary/aromatic N) is 1. The molecule has 0 N–H and O–H groups in total. The molecule has 0 fully saturated rings. The van der Waals surface area contributed by atoms with E-state index in [0.29, 0.717) is 34.5 Å². The summed E-state index contributed by atoms with van der Waals surface area (Å²) in [5.41, 5.74) is 4.96. The molecule has 0 aromatic heterocycles. The number of aryl methyl sites for hydroxylation is 1. The van der Waals surface area contributed by atoms with Gasteiger partial charge in [-0.15, -0.1) is 0 Å². The first kappa shape index (κ1) is 22.8. The number of hydrogen-bond acceptors (Lipinski definition) is 2. The summed E-state index contributed by atoms with van der Waals surface area (Å²) in [6, 6.07) is 22.3. The van der Waals surface area contributed by atoms with Gasteiger partial charge in [0.1, 0.15) is 0 Å². The smallest absolute Gasteiger partial charge is 0.207 e. The lowest BCUT2D eigenvalue weighted by molar-refractivity contribution is 0.431. The zero-order valence-electron chi connectivity index (χ0n) is 17.6. The van der Waals surface area contributed by atoms with Crippen LogP contribution in [0.25, 0.3) is 5.57 Å². The van der Waals surface area contributed by atoms with Crippen molar-refractivity contribution in [3.63, 3.8) is 0 Å². The molecular formula is C26H23Cl2NO2S. The summed E-state index contributed by atoms with van der Waals surface area (Å²) in [6.45, 7) is 2.73. The summed E-state index contributed by atoms with van der Waals surface area (Å²) < 4.78 is 27.9. The van der Waals surface area contributed by atoms with E-state index in [1.54, 1.807) is 16.4 Å². The van der Waals surface area contributed by atoms with E-state index in [9.17, 15) is 8.42 Å². The Labute approximate surface area is 199 Å². The molecule has 3 aromatic rings. The summed E-state index contributed by atoms with van der Waals surface area (Å²) in [4.78, 5) is 0.323. The molecule has 0 saturated heterocycles. The van der Waals surface area contributed by atoms with Crippen LogP contribution < -0.4 is 0 Å². The van der Waals surface area contributed by atoms with Crippen molar-refractivity contribution in [2.45, 2.75) is 18.2 Å². The maximum atomic E-state index is 13.2. The molecule has 0 amide bonds. The molecular weight excluding hydrogens is 461 g/mol. The predicted octanol–water partition coefficient (Wildman–Crippen LogP) is 6.75. The summed E-state index contributed by atoms with van der Waals surface area (Å²) in [5.74, 6) is 0. The van der Waals surface area contributed by atoms with E-state index in [0.717, 1.165) is 27.8 Å². The van der Waals surface area contributed by atoms with E-state index in [-0.39, 0.29) is 0 Å². The van der Waals surface area contributed by atoms with Crippen LogP contribution in [0.3, 0.4) is 0 Å². The van der Waals surface area contributed by atoms with E-state index in [2.05, 4.69) is 12.2 Å². The third-order valence-electron chi connectivity index (χ3n) is 5.44. The van der Waals surface area contributed by atoms with Crippen LogP contribution in [0.2, 0.25) is 10.0 Å². The first-order valence-electron chi connectivity index (χ1n) is 10.3. The van der Waals surface area contributed by atoms with E-state index in [4.69, 9.17) is 23.2 Å². The van der Waals surface area contributed by atoms with Gasteiger partial charge in [0.25, 0.3) is 0 Å². The quantitative estimate of drug-likeness (QED) is 0.402. The highest BCUT2D eigenvalue weighted by atomic mass is 35.5. The predicted molar refractivity (Wildman–Crippen MR) is 133 cm³/mol. The van der Waals surface area contributed by atoms with Crippen LogP contribution in [0.15, 0.2) is 95.4 Å². The number of halogens is 2. The molecule has 1 aliphatic heterocycles. The number of sulfonamides is 1. The summed E-state index contributed by atoms with van der Waals surface area (Å²) >= 11 is 12.2. The number of hydrogen-bond donors (Lipinski definition) is 0. The van der Waals surface area contributed by atoms with Crippen LogP contribution in [-0.2, 0) is 10.0 Å². The molecule has 3 nitrogen and oxygen atoms in total. The molecule has 164 valence electrons. The fourth-order valence-electron chi connectivity index (χ4n) is 3.69. The molecule has 0 bridgehead atoms. The Balaban J connectivity index is 1.68. The topological polar surface area (TPSA) is 37.4 Å². The van der Waals surface area contributed by atoms with Gasteiger partial charge in [0, 0.05) is 23.1 Å². The van der Waals surface area contributed by atoms with Crippen molar-refractivity contribution < 1.29 is 8.42 Å². The van der Waals surface area contributed by atoms with Gasteiger partial charge in [-0.25, -0.2) is 8.42 Å². The van der Waals surface area contributed by atoms with Gasteiger partial charge in [-0.3, -0.25) is 0 Å². The Morgan fingerprint density at radius 2 is 1.38 bits per heavy atom. The van der Waals surface area contributed by atoms with Gasteiger partial charge in [-0.2, -0.15) is 4.31 Å². The van der Waals surface area contributed by atoms with Gasteiger partial charge in [0.2, 0.25) is 10.0 Å². The van der Waals surface area contributed by atoms with Crippen molar-refractivity contribution in [3.05, 3.63) is 117 Å². The molecule has 0 unspecified atom stereocenters. The zero-order valence-corrected chi connectivity index (χ0v) is 20.0. The molecule has 0 aliphatic carbocycles. The molecule has 1 heterocycles. The summed E-state index contributed by atoms with van der Waals surface area (Å²) in [5, 5.41) is 1.33. The highest BCUT2D eigenvalue weighted by Crippen LogP contribution is 2.29. The Kier molecular flexibility index (Phi) is 6.87. The van der Waals surface area contributed by atoms with Crippen molar-refractivity contribution in [1.29, 1.82) is 0 Å². The maximum Gasteiger partial charge on any atom is 0.243 e. The van der Waals surface area contributed by atoms with E-state index in [1.807, 2.05) is 67.6 Å². The maximum absolute atomic E-state index is 13.2. The highest BCUT2D eigenvalue weighted by Gasteiger charge is 2.26. The van der Waals surface area contributed by atoms with E-state index >= 15 is 0 Å². The molecule has 32 heavy (non-hydrogen) atoms. The van der Waals surface area contributed by atoms with Crippen molar-refractivity contribution in [2.24, 2.45) is 0 Å². The largest absolute Gasteiger partial charge is 0.243 e. The van der Waals surface area contributed by atoms with Crippen LogP contribution in [-0.4, -0.2) is 25.8 Å². The third-order valence-corrected chi connectivity index (χ3v) is 7.81. The minimum Gasteiger partial charge on any atom is -0.207 e. The van der Waals surface area contributed by atoms with Gasteiger partial charge in [-0.1, -0.05) is 71.2 Å². The second-order valence-corrected chi connectivity index (χ2v) is 10.6. The molecule has 0 saturated carbocycles. The van der Waals surface area contributed by atoms with Crippen molar-refractivity contribution in [2.75, 3.05) is 13.1 Å². The van der Waals surface area contributed by atoms with E-state index < -0.39 is 10.0 Å². The normalized spacial score (nSPS) is 14.7. The van der Waals surface area contributed by atoms with Gasteiger partial charge in [0.05, 0.1) is 4.90 Å². The average Bonchev–Trinajstić information content (AvgIpc) is 2.79. The van der Waals surface area contributed by atoms with Crippen molar-refractivity contribution in [3.8, 4) is 0 Å². The van der Waals surface area contributed by atoms with Gasteiger partial charge in [0.15, 0.2) is 0 Å². The molecule has 1 aliphatic rings. The van der Waals surface area contributed by atoms with Crippen LogP contribution in [0.4, 0.5) is 0 Å². The second kappa shape index (κ2) is 9.63. The van der Waals surface area contributed by atoms with Gasteiger partial charge < -0.3 is 0 Å². The zero-order chi connectivity index (χ0) is 22.7. The summed E-state index contributed by atoms with van der Waals surface area (Å²) in [6.07, 6.45) is 4.82. The minimum atomic E-state index is -3.56. The summed E-state index contributed by atoms with van der Waals surface area (Å²) in [7, 11) is -3.56. The molecule has 0 atom stereocenters. The molecule has 0 spiro atoms. The second-order valence-electron chi connectivity index (χ2n) is 7.79. The first-order chi connectivity index (χ1) is 15.3. The first-order valence-corrected chi connectivity index (χ1v) is 12.5. The Hall–Kier alpha value is -2.37. The molecule has 0 radical (unpaired) electrons. The standard InChI is InChI=1S/C26H23Cl2NO2S/c1-19-4-14-25(15-5-19)32(30,31)29-16-2-3-20(18-29)17-26(21-6-10-23(27)11-7-21)22-8-12-24(28)13-9-22/h3-15,17H,2,16,18H2,1H3. The highest BCUT2D eigenvalue weighted by molar-refractivity contribution is 7.89. The van der Waals surface area contributed by atoms with Gasteiger partial charge >= 0.3 is 0 Å².